The Kier molecular flexibility index (Phi) is 3.92. The zero-order valence-electron chi connectivity index (χ0n) is 11.5. The molecule has 0 spiro atoms. The van der Waals surface area contributed by atoms with Gasteiger partial charge in [0.15, 0.2) is 0 Å². The van der Waals surface area contributed by atoms with Crippen molar-refractivity contribution in [2.75, 3.05) is 19.8 Å². The fourth-order valence-electron chi connectivity index (χ4n) is 3.86. The van der Waals surface area contributed by atoms with E-state index in [1.807, 2.05) is 0 Å². The SMILES string of the molecule is N#C[C@@H]1CCCN1C(=O)[C@H]1N[C@@H]2C[C@H]1C[C@H]2OCCO. The number of ether oxygens (including phenoxy) is 1. The molecule has 3 rings (SSSR count). The first kappa shape index (κ1) is 13.8. The highest BCUT2D eigenvalue weighted by molar-refractivity contribution is 5.83. The van der Waals surface area contributed by atoms with E-state index in [9.17, 15) is 4.79 Å². The van der Waals surface area contributed by atoms with Gasteiger partial charge >= 0.3 is 0 Å². The third-order valence-corrected chi connectivity index (χ3v) is 4.78. The lowest BCUT2D eigenvalue weighted by Crippen LogP contribution is -2.53. The summed E-state index contributed by atoms with van der Waals surface area (Å²) in [5, 5.41) is 21.3. The number of hydrogen-bond donors (Lipinski definition) is 2. The molecule has 1 saturated carbocycles. The van der Waals surface area contributed by atoms with Crippen LogP contribution in [0.25, 0.3) is 0 Å². The molecule has 0 aromatic carbocycles. The number of nitrogens with one attached hydrogen (secondary N) is 1. The Morgan fingerprint density at radius 3 is 3.00 bits per heavy atom. The number of rotatable bonds is 4. The minimum absolute atomic E-state index is 0.0356. The number of carbonyl (C=O) groups excluding carboxylic acids is 1. The molecule has 6 nitrogen and oxygen atoms in total. The van der Waals surface area contributed by atoms with Crippen LogP contribution >= 0.6 is 0 Å². The largest absolute Gasteiger partial charge is 0.394 e. The van der Waals surface area contributed by atoms with Crippen LogP contribution in [-0.2, 0) is 9.53 Å². The van der Waals surface area contributed by atoms with Crippen LogP contribution in [0.1, 0.15) is 25.7 Å². The van der Waals surface area contributed by atoms with Crippen molar-refractivity contribution in [3.63, 3.8) is 0 Å². The topological polar surface area (TPSA) is 85.6 Å². The Balaban J connectivity index is 1.59. The summed E-state index contributed by atoms with van der Waals surface area (Å²) in [6, 6.07) is 2.04. The van der Waals surface area contributed by atoms with Crippen molar-refractivity contribution in [3.8, 4) is 6.07 Å². The van der Waals surface area contributed by atoms with Gasteiger partial charge in [0, 0.05) is 12.6 Å². The zero-order chi connectivity index (χ0) is 14.1. The van der Waals surface area contributed by atoms with Crippen LogP contribution in [0, 0.1) is 17.2 Å². The lowest BCUT2D eigenvalue weighted by atomic mass is 9.97. The van der Waals surface area contributed by atoms with Gasteiger partial charge in [-0.25, -0.2) is 0 Å². The molecule has 110 valence electrons. The van der Waals surface area contributed by atoms with Gasteiger partial charge in [-0.1, -0.05) is 0 Å². The maximum atomic E-state index is 12.6. The number of fused-ring (bicyclic) bond motifs is 2. The van der Waals surface area contributed by atoms with Crippen molar-refractivity contribution in [1.29, 1.82) is 5.26 Å². The highest BCUT2D eigenvalue weighted by Gasteiger charge is 2.50. The molecule has 1 amide bonds. The average molecular weight is 279 g/mol. The van der Waals surface area contributed by atoms with E-state index in [0.717, 1.165) is 25.7 Å². The summed E-state index contributed by atoms with van der Waals surface area (Å²) in [5.41, 5.74) is 0. The van der Waals surface area contributed by atoms with Gasteiger partial charge in [-0.15, -0.1) is 0 Å². The van der Waals surface area contributed by atoms with Crippen LogP contribution in [0.2, 0.25) is 0 Å². The number of piperidine rings is 1. The molecule has 3 aliphatic rings. The summed E-state index contributed by atoms with van der Waals surface area (Å²) < 4.78 is 5.59. The molecule has 0 aromatic heterocycles. The Hall–Kier alpha value is -1.16. The lowest BCUT2D eigenvalue weighted by Gasteiger charge is -2.32. The third-order valence-electron chi connectivity index (χ3n) is 4.78. The molecule has 2 saturated heterocycles. The fourth-order valence-corrected chi connectivity index (χ4v) is 3.86. The average Bonchev–Trinajstić information content (AvgIpc) is 3.17. The van der Waals surface area contributed by atoms with E-state index in [0.29, 0.717) is 19.1 Å². The lowest BCUT2D eigenvalue weighted by molar-refractivity contribution is -0.135. The second-order valence-electron chi connectivity index (χ2n) is 5.93. The van der Waals surface area contributed by atoms with E-state index in [2.05, 4.69) is 11.4 Å². The highest BCUT2D eigenvalue weighted by atomic mass is 16.5. The van der Waals surface area contributed by atoms with Crippen molar-refractivity contribution < 1.29 is 14.6 Å². The Labute approximate surface area is 118 Å². The second-order valence-corrected chi connectivity index (χ2v) is 5.93. The Morgan fingerprint density at radius 1 is 1.50 bits per heavy atom. The standard InChI is InChI=1S/C14H21N3O3/c15-8-10-2-1-3-17(10)14(19)13-9-6-11(16-13)12(7-9)20-5-4-18/h9-13,16,18H,1-7H2/t9-,10-,11+,12+,13-/m0/s1. The predicted molar refractivity (Wildman–Crippen MR) is 70.6 cm³/mol. The zero-order valence-corrected chi connectivity index (χ0v) is 11.5. The van der Waals surface area contributed by atoms with E-state index < -0.39 is 0 Å². The van der Waals surface area contributed by atoms with Crippen molar-refractivity contribution in [3.05, 3.63) is 0 Å². The first-order valence-corrected chi connectivity index (χ1v) is 7.43. The van der Waals surface area contributed by atoms with E-state index in [1.54, 1.807) is 4.90 Å². The first-order chi connectivity index (χ1) is 9.74. The molecule has 2 bridgehead atoms. The van der Waals surface area contributed by atoms with E-state index in [4.69, 9.17) is 15.1 Å². The number of hydrogen-bond acceptors (Lipinski definition) is 5. The van der Waals surface area contributed by atoms with Crippen molar-refractivity contribution >= 4 is 5.91 Å². The van der Waals surface area contributed by atoms with Crippen LogP contribution in [0.5, 0.6) is 0 Å². The van der Waals surface area contributed by atoms with Crippen LogP contribution in [0.4, 0.5) is 0 Å². The van der Waals surface area contributed by atoms with Gasteiger partial charge in [0.1, 0.15) is 6.04 Å². The molecule has 0 radical (unpaired) electrons. The molecule has 2 heterocycles. The molecule has 0 aromatic rings. The van der Waals surface area contributed by atoms with Gasteiger partial charge in [-0.2, -0.15) is 5.26 Å². The molecule has 2 aliphatic heterocycles. The minimum atomic E-state index is -0.245. The highest BCUT2D eigenvalue weighted by Crippen LogP contribution is 2.38. The monoisotopic (exact) mass is 279 g/mol. The van der Waals surface area contributed by atoms with Gasteiger partial charge in [-0.3, -0.25) is 4.79 Å². The molecule has 2 N–H and O–H groups in total. The number of nitriles is 1. The summed E-state index contributed by atoms with van der Waals surface area (Å²) in [6.07, 6.45) is 3.66. The normalized spacial score (nSPS) is 39.2. The third kappa shape index (κ3) is 2.30. The number of likely N-dealkylation sites (tertiary alicyclic amines) is 1. The fraction of sp³-hybridized carbons (Fsp3) is 0.857. The predicted octanol–water partition coefficient (Wildman–Crippen LogP) is -0.371. The first-order valence-electron chi connectivity index (χ1n) is 7.43. The van der Waals surface area contributed by atoms with Gasteiger partial charge in [0.2, 0.25) is 5.91 Å². The molecule has 6 heteroatoms. The summed E-state index contributed by atoms with van der Waals surface area (Å²) in [6.45, 7) is 1.10. The van der Waals surface area contributed by atoms with Gasteiger partial charge in [0.05, 0.1) is 31.4 Å². The van der Waals surface area contributed by atoms with Crippen molar-refractivity contribution in [2.45, 2.75) is 49.9 Å². The number of carbonyl (C=O) groups is 1. The number of aliphatic hydroxyl groups is 1. The van der Waals surface area contributed by atoms with Gasteiger partial charge < -0.3 is 20.1 Å². The summed E-state index contributed by atoms with van der Waals surface area (Å²) in [5.74, 6) is 0.387. The van der Waals surface area contributed by atoms with E-state index in [1.165, 1.54) is 0 Å². The molecular formula is C14H21N3O3. The molecule has 3 fully saturated rings. The van der Waals surface area contributed by atoms with Crippen LogP contribution in [-0.4, -0.2) is 59.9 Å². The van der Waals surface area contributed by atoms with Crippen molar-refractivity contribution in [1.82, 2.24) is 10.2 Å². The Morgan fingerprint density at radius 2 is 2.35 bits per heavy atom. The quantitative estimate of drug-likeness (QED) is 0.733. The van der Waals surface area contributed by atoms with E-state index in [-0.39, 0.29) is 36.7 Å². The maximum Gasteiger partial charge on any atom is 0.241 e. The summed E-state index contributed by atoms with van der Waals surface area (Å²) >= 11 is 0. The second kappa shape index (κ2) is 5.68. The number of nitrogens with zero attached hydrogens (tertiary/aromatic N) is 2. The van der Waals surface area contributed by atoms with Crippen molar-refractivity contribution in [2.24, 2.45) is 5.92 Å². The van der Waals surface area contributed by atoms with Crippen LogP contribution in [0.15, 0.2) is 0 Å². The summed E-state index contributed by atoms with van der Waals surface area (Å²) in [4.78, 5) is 14.3. The minimum Gasteiger partial charge on any atom is -0.394 e. The van der Waals surface area contributed by atoms with E-state index >= 15 is 0 Å². The molecule has 0 unspecified atom stereocenters. The molecule has 5 atom stereocenters. The molecule has 20 heavy (non-hydrogen) atoms. The maximum absolute atomic E-state index is 12.6. The number of amides is 1. The molecular weight excluding hydrogens is 258 g/mol. The van der Waals surface area contributed by atoms with Crippen LogP contribution in [0.3, 0.4) is 0 Å². The number of aliphatic hydroxyl groups excluding tert-OH is 1. The van der Waals surface area contributed by atoms with Crippen LogP contribution < -0.4 is 5.32 Å². The van der Waals surface area contributed by atoms with Gasteiger partial charge in [-0.05, 0) is 31.6 Å². The smallest absolute Gasteiger partial charge is 0.241 e. The van der Waals surface area contributed by atoms with Gasteiger partial charge in [0.25, 0.3) is 0 Å². The Bertz CT molecular complexity index is 422. The molecule has 1 aliphatic carbocycles. The summed E-state index contributed by atoms with van der Waals surface area (Å²) in [7, 11) is 0.